The van der Waals surface area contributed by atoms with E-state index in [4.69, 9.17) is 4.74 Å². The van der Waals surface area contributed by atoms with Gasteiger partial charge in [0.25, 0.3) is 11.8 Å². The molecular formula is C22H21F3N2O4. The van der Waals surface area contributed by atoms with Gasteiger partial charge in [0.05, 0.1) is 18.2 Å². The molecule has 0 saturated heterocycles. The van der Waals surface area contributed by atoms with Crippen molar-refractivity contribution in [3.05, 3.63) is 64.7 Å². The first-order valence-electron chi connectivity index (χ1n) is 9.53. The molecular weight excluding hydrogens is 413 g/mol. The largest absolute Gasteiger partial charge is 0.497 e. The van der Waals surface area contributed by atoms with Crippen LogP contribution in [-0.4, -0.2) is 53.9 Å². The maximum Gasteiger partial charge on any atom is 0.406 e. The number of carbonyl (C=O) groups is 3. The normalized spacial score (nSPS) is 13.4. The lowest BCUT2D eigenvalue weighted by molar-refractivity contribution is -0.162. The summed E-state index contributed by atoms with van der Waals surface area (Å²) in [6, 6.07) is 11.1. The van der Waals surface area contributed by atoms with E-state index < -0.39 is 36.9 Å². The zero-order valence-corrected chi connectivity index (χ0v) is 17.0. The number of carbonyl (C=O) groups excluding carboxylic acids is 3. The molecule has 0 aliphatic carbocycles. The average Bonchev–Trinajstić information content (AvgIpc) is 2.94. The molecule has 3 amide bonds. The number of hydrogen-bond donors (Lipinski definition) is 0. The highest BCUT2D eigenvalue weighted by Crippen LogP contribution is 2.25. The third-order valence-corrected chi connectivity index (χ3v) is 4.93. The summed E-state index contributed by atoms with van der Waals surface area (Å²) in [7, 11) is 1.47. The summed E-state index contributed by atoms with van der Waals surface area (Å²) in [5, 5.41) is 0. The SMILES string of the molecule is COc1ccc(CN(CC(F)(F)F)C(=O)CCN2C(=O)c3ccc(C)cc3C2=O)cc1. The third-order valence-electron chi connectivity index (χ3n) is 4.93. The standard InChI is InChI=1S/C22H21F3N2O4/c1-14-3-8-17-18(11-14)21(30)27(20(17)29)10-9-19(28)26(13-22(23,24)25)12-15-4-6-16(31-2)7-5-15/h3-8,11H,9-10,12-13H2,1-2H3. The molecule has 0 bridgehead atoms. The minimum Gasteiger partial charge on any atom is -0.497 e. The number of aryl methyl sites for hydroxylation is 1. The van der Waals surface area contributed by atoms with Crippen molar-refractivity contribution in [3.63, 3.8) is 0 Å². The highest BCUT2D eigenvalue weighted by atomic mass is 19.4. The Morgan fingerprint density at radius 3 is 2.29 bits per heavy atom. The maximum atomic E-state index is 13.0. The quantitative estimate of drug-likeness (QED) is 0.625. The third kappa shape index (κ3) is 5.22. The number of benzene rings is 2. The van der Waals surface area contributed by atoms with Crippen molar-refractivity contribution in [2.75, 3.05) is 20.2 Å². The second kappa shape index (κ2) is 8.79. The minimum atomic E-state index is -4.59. The first kappa shape index (κ1) is 22.3. The number of halogens is 3. The van der Waals surface area contributed by atoms with Crippen LogP contribution in [0.1, 0.15) is 38.3 Å². The number of hydrogen-bond acceptors (Lipinski definition) is 4. The monoisotopic (exact) mass is 434 g/mol. The van der Waals surface area contributed by atoms with E-state index in [1.54, 1.807) is 43.3 Å². The van der Waals surface area contributed by atoms with Gasteiger partial charge >= 0.3 is 6.18 Å². The smallest absolute Gasteiger partial charge is 0.406 e. The van der Waals surface area contributed by atoms with E-state index >= 15 is 0 Å². The Kier molecular flexibility index (Phi) is 6.33. The molecule has 1 aliphatic rings. The number of amides is 3. The first-order chi connectivity index (χ1) is 14.6. The van der Waals surface area contributed by atoms with Gasteiger partial charge in [0.2, 0.25) is 5.91 Å². The van der Waals surface area contributed by atoms with Crippen LogP contribution in [0.2, 0.25) is 0 Å². The van der Waals surface area contributed by atoms with Gasteiger partial charge in [0, 0.05) is 19.5 Å². The highest BCUT2D eigenvalue weighted by molar-refractivity contribution is 6.21. The van der Waals surface area contributed by atoms with Crippen molar-refractivity contribution in [2.24, 2.45) is 0 Å². The van der Waals surface area contributed by atoms with Crippen LogP contribution in [-0.2, 0) is 11.3 Å². The fraction of sp³-hybridized carbons (Fsp3) is 0.318. The van der Waals surface area contributed by atoms with Crippen molar-refractivity contribution < 1.29 is 32.3 Å². The van der Waals surface area contributed by atoms with Gasteiger partial charge in [0.1, 0.15) is 12.3 Å². The van der Waals surface area contributed by atoms with Crippen LogP contribution in [0.25, 0.3) is 0 Å². The fourth-order valence-electron chi connectivity index (χ4n) is 3.37. The minimum absolute atomic E-state index is 0.230. The second-order valence-corrected chi connectivity index (χ2v) is 7.27. The van der Waals surface area contributed by atoms with E-state index in [1.807, 2.05) is 0 Å². The summed E-state index contributed by atoms with van der Waals surface area (Å²) in [5.41, 5.74) is 1.76. The Morgan fingerprint density at radius 2 is 1.68 bits per heavy atom. The Labute approximate surface area is 177 Å². The first-order valence-corrected chi connectivity index (χ1v) is 9.53. The molecule has 31 heavy (non-hydrogen) atoms. The number of fused-ring (bicyclic) bond motifs is 1. The number of imide groups is 1. The van der Waals surface area contributed by atoms with Crippen LogP contribution in [0.4, 0.5) is 13.2 Å². The molecule has 2 aromatic rings. The molecule has 0 fully saturated rings. The summed E-state index contributed by atoms with van der Waals surface area (Å²) in [6.45, 7) is -0.206. The number of alkyl halides is 3. The van der Waals surface area contributed by atoms with Gasteiger partial charge < -0.3 is 9.64 Å². The topological polar surface area (TPSA) is 66.9 Å². The van der Waals surface area contributed by atoms with E-state index in [9.17, 15) is 27.6 Å². The summed E-state index contributed by atoms with van der Waals surface area (Å²) in [4.78, 5) is 39.2. The van der Waals surface area contributed by atoms with Gasteiger partial charge in [-0.3, -0.25) is 19.3 Å². The van der Waals surface area contributed by atoms with E-state index in [-0.39, 0.29) is 24.2 Å². The lowest BCUT2D eigenvalue weighted by Gasteiger charge is -2.25. The lowest BCUT2D eigenvalue weighted by Crippen LogP contribution is -2.40. The van der Waals surface area contributed by atoms with Crippen LogP contribution in [0.5, 0.6) is 5.75 Å². The molecule has 0 atom stereocenters. The number of methoxy groups -OCH3 is 1. The van der Waals surface area contributed by atoms with Crippen molar-refractivity contribution in [3.8, 4) is 5.75 Å². The molecule has 3 rings (SSSR count). The van der Waals surface area contributed by atoms with Crippen LogP contribution in [0.3, 0.4) is 0 Å². The summed E-state index contributed by atoms with van der Waals surface area (Å²) < 4.78 is 44.1. The zero-order valence-electron chi connectivity index (χ0n) is 17.0. The maximum absolute atomic E-state index is 13.0. The summed E-state index contributed by atoms with van der Waals surface area (Å²) in [5.74, 6) is -1.36. The summed E-state index contributed by atoms with van der Waals surface area (Å²) in [6.07, 6.45) is -4.99. The Morgan fingerprint density at radius 1 is 1.03 bits per heavy atom. The molecule has 164 valence electrons. The Balaban J connectivity index is 1.70. The number of ether oxygens (including phenoxy) is 1. The molecule has 1 aliphatic heterocycles. The van der Waals surface area contributed by atoms with Crippen molar-refractivity contribution in [1.29, 1.82) is 0 Å². The van der Waals surface area contributed by atoms with Gasteiger partial charge in [-0.2, -0.15) is 13.2 Å². The molecule has 0 spiro atoms. The molecule has 2 aromatic carbocycles. The predicted octanol–water partition coefficient (Wildman–Crippen LogP) is 3.58. The van der Waals surface area contributed by atoms with Crippen LogP contribution in [0, 0.1) is 6.92 Å². The van der Waals surface area contributed by atoms with Gasteiger partial charge in [-0.15, -0.1) is 0 Å². The second-order valence-electron chi connectivity index (χ2n) is 7.27. The van der Waals surface area contributed by atoms with Gasteiger partial charge in [0.15, 0.2) is 0 Å². The van der Waals surface area contributed by atoms with E-state index in [2.05, 4.69) is 0 Å². The predicted molar refractivity (Wildman–Crippen MR) is 106 cm³/mol. The van der Waals surface area contributed by atoms with Gasteiger partial charge in [-0.05, 0) is 36.8 Å². The van der Waals surface area contributed by atoms with Gasteiger partial charge in [-0.25, -0.2) is 0 Å². The molecule has 0 N–H and O–H groups in total. The Bertz CT molecular complexity index is 1000. The van der Waals surface area contributed by atoms with Crippen molar-refractivity contribution >= 4 is 17.7 Å². The number of nitrogens with zero attached hydrogens (tertiary/aromatic N) is 2. The molecule has 0 radical (unpaired) electrons. The Hall–Kier alpha value is -3.36. The van der Waals surface area contributed by atoms with Crippen LogP contribution >= 0.6 is 0 Å². The molecule has 6 nitrogen and oxygen atoms in total. The molecule has 0 aromatic heterocycles. The van der Waals surface area contributed by atoms with E-state index in [0.29, 0.717) is 16.2 Å². The van der Waals surface area contributed by atoms with Crippen LogP contribution in [0.15, 0.2) is 42.5 Å². The molecule has 0 saturated carbocycles. The number of rotatable bonds is 7. The van der Waals surface area contributed by atoms with Crippen LogP contribution < -0.4 is 4.74 Å². The van der Waals surface area contributed by atoms with E-state index in [1.165, 1.54) is 13.2 Å². The average molecular weight is 434 g/mol. The zero-order chi connectivity index (χ0) is 22.8. The highest BCUT2D eigenvalue weighted by Gasteiger charge is 2.37. The molecule has 9 heteroatoms. The van der Waals surface area contributed by atoms with Crippen molar-refractivity contribution in [1.82, 2.24) is 9.80 Å². The fourth-order valence-corrected chi connectivity index (χ4v) is 3.37. The summed E-state index contributed by atoms with van der Waals surface area (Å²) >= 11 is 0. The van der Waals surface area contributed by atoms with Gasteiger partial charge in [-0.1, -0.05) is 23.8 Å². The lowest BCUT2D eigenvalue weighted by atomic mass is 10.1. The van der Waals surface area contributed by atoms with Crippen molar-refractivity contribution in [2.45, 2.75) is 26.1 Å². The molecule has 1 heterocycles. The molecule has 0 unspecified atom stereocenters. The van der Waals surface area contributed by atoms with E-state index in [0.717, 1.165) is 10.5 Å².